The molecule has 1 atom stereocenters. The second-order valence-electron chi connectivity index (χ2n) is 10.9. The second kappa shape index (κ2) is 9.87. The maximum absolute atomic E-state index is 14.1. The lowest BCUT2D eigenvalue weighted by Crippen LogP contribution is -2.55. The first-order valence-electron chi connectivity index (χ1n) is 13.6. The Morgan fingerprint density at radius 3 is 2.62 bits per heavy atom. The highest BCUT2D eigenvalue weighted by Crippen LogP contribution is 2.50. The molecule has 3 fully saturated rings. The third-order valence-electron chi connectivity index (χ3n) is 8.47. The molecule has 0 unspecified atom stereocenters. The molecule has 40 heavy (non-hydrogen) atoms. The van der Waals surface area contributed by atoms with Gasteiger partial charge < -0.3 is 14.5 Å². The molecule has 1 aromatic carbocycles. The van der Waals surface area contributed by atoms with E-state index in [-0.39, 0.29) is 12.5 Å². The maximum atomic E-state index is 14.1. The molecule has 0 radical (unpaired) electrons. The number of alkyl halides is 2. The topological polar surface area (TPSA) is 94.7 Å². The zero-order valence-electron chi connectivity index (χ0n) is 22.6. The Hall–Kier alpha value is -4.02. The number of hydrogen-bond donors (Lipinski definition) is 1. The van der Waals surface area contributed by atoms with Crippen LogP contribution in [0.2, 0.25) is 0 Å². The molecule has 2 saturated heterocycles. The highest BCUT2D eigenvalue weighted by molar-refractivity contribution is 5.95. The fourth-order valence-corrected chi connectivity index (χ4v) is 6.01. The minimum Gasteiger partial charge on any atom is -0.497 e. The van der Waals surface area contributed by atoms with E-state index in [0.29, 0.717) is 57.0 Å². The smallest absolute Gasteiger partial charge is 0.326 e. The van der Waals surface area contributed by atoms with Crippen molar-refractivity contribution in [3.63, 3.8) is 0 Å². The highest BCUT2D eigenvalue weighted by atomic mass is 19.3. The van der Waals surface area contributed by atoms with Crippen LogP contribution in [0.5, 0.6) is 5.75 Å². The van der Waals surface area contributed by atoms with Crippen LogP contribution in [0.4, 0.5) is 19.4 Å². The van der Waals surface area contributed by atoms with Crippen LogP contribution in [-0.4, -0.2) is 75.1 Å². The number of nitrogens with one attached hydrogen (secondary N) is 1. The Morgan fingerprint density at radius 1 is 1.20 bits per heavy atom. The van der Waals surface area contributed by atoms with Crippen LogP contribution in [-0.2, 0) is 17.8 Å². The molecule has 4 heterocycles. The molecule has 2 aliphatic heterocycles. The summed E-state index contributed by atoms with van der Waals surface area (Å²) in [6.07, 6.45) is 4.86. The number of pyridine rings is 1. The van der Waals surface area contributed by atoms with Gasteiger partial charge in [0.05, 0.1) is 31.1 Å². The molecule has 11 heteroatoms. The Bertz CT molecular complexity index is 1420. The minimum absolute atomic E-state index is 0.165. The summed E-state index contributed by atoms with van der Waals surface area (Å²) in [6.45, 7) is 3.43. The second-order valence-corrected chi connectivity index (χ2v) is 10.9. The van der Waals surface area contributed by atoms with Gasteiger partial charge in [-0.1, -0.05) is 19.1 Å². The van der Waals surface area contributed by atoms with E-state index in [0.717, 1.165) is 22.4 Å². The summed E-state index contributed by atoms with van der Waals surface area (Å²) < 4.78 is 32.6. The van der Waals surface area contributed by atoms with Crippen molar-refractivity contribution in [3.05, 3.63) is 60.0 Å². The number of amides is 3. The van der Waals surface area contributed by atoms with Crippen molar-refractivity contribution < 1.29 is 23.1 Å². The minimum atomic E-state index is -2.89. The summed E-state index contributed by atoms with van der Waals surface area (Å²) >= 11 is 0. The van der Waals surface area contributed by atoms with Crippen LogP contribution >= 0.6 is 0 Å². The van der Waals surface area contributed by atoms with Crippen molar-refractivity contribution in [3.8, 4) is 16.9 Å². The van der Waals surface area contributed by atoms with Crippen LogP contribution in [0, 0.1) is 5.92 Å². The number of urea groups is 1. The molecule has 1 N–H and O–H groups in total. The average molecular weight is 551 g/mol. The van der Waals surface area contributed by atoms with Crippen molar-refractivity contribution in [2.75, 3.05) is 31.6 Å². The van der Waals surface area contributed by atoms with Crippen molar-refractivity contribution in [2.45, 2.75) is 50.6 Å². The van der Waals surface area contributed by atoms with E-state index in [9.17, 15) is 18.4 Å². The van der Waals surface area contributed by atoms with E-state index in [4.69, 9.17) is 9.72 Å². The van der Waals surface area contributed by atoms with E-state index in [1.807, 2.05) is 54.4 Å². The summed E-state index contributed by atoms with van der Waals surface area (Å²) in [5, 5.41) is 6.88. The molecule has 3 amide bonds. The Labute approximate surface area is 231 Å². The SMILES string of the molecule is CCc1nc(N2CC3(CCN(C(=O)[C@H]4CC4(F)F)CC3)N(Cc3cccc(OC)c3)C2=O)ccc1-c1cn[nH]c1. The largest absolute Gasteiger partial charge is 0.497 e. The molecule has 3 aromatic rings. The number of carbonyl (C=O) groups excluding carboxylic acids is 2. The van der Waals surface area contributed by atoms with E-state index >= 15 is 0 Å². The average Bonchev–Trinajstić information content (AvgIpc) is 3.27. The van der Waals surface area contributed by atoms with Crippen molar-refractivity contribution >= 4 is 17.8 Å². The van der Waals surface area contributed by atoms with Gasteiger partial charge in [-0.3, -0.25) is 14.8 Å². The number of aromatic amines is 1. The normalized spacial score (nSPS) is 21.2. The number of anilines is 1. The van der Waals surface area contributed by atoms with E-state index in [1.54, 1.807) is 23.1 Å². The van der Waals surface area contributed by atoms with Gasteiger partial charge in [0, 0.05) is 43.4 Å². The number of nitrogens with zero attached hydrogens (tertiary/aromatic N) is 5. The molecule has 1 aliphatic carbocycles. The van der Waals surface area contributed by atoms with Crippen LogP contribution in [0.25, 0.3) is 11.1 Å². The van der Waals surface area contributed by atoms with Gasteiger partial charge in [0.2, 0.25) is 5.91 Å². The summed E-state index contributed by atoms with van der Waals surface area (Å²) in [4.78, 5) is 36.8. The quantitative estimate of drug-likeness (QED) is 0.468. The molecule has 3 aliphatic rings. The summed E-state index contributed by atoms with van der Waals surface area (Å²) in [5.41, 5.74) is 3.09. The number of likely N-dealkylation sites (tertiary alicyclic amines) is 1. The third-order valence-corrected chi connectivity index (χ3v) is 8.47. The molecular formula is C29H32F2N6O3. The van der Waals surface area contributed by atoms with Crippen molar-refractivity contribution in [1.82, 2.24) is 25.0 Å². The van der Waals surface area contributed by atoms with Gasteiger partial charge in [-0.15, -0.1) is 0 Å². The van der Waals surface area contributed by atoms with Crippen LogP contribution in [0.1, 0.15) is 37.4 Å². The monoisotopic (exact) mass is 550 g/mol. The van der Waals surface area contributed by atoms with Gasteiger partial charge in [0.1, 0.15) is 17.5 Å². The molecular weight excluding hydrogens is 518 g/mol. The highest BCUT2D eigenvalue weighted by Gasteiger charge is 2.63. The number of aromatic nitrogens is 3. The van der Waals surface area contributed by atoms with E-state index in [2.05, 4.69) is 10.2 Å². The Balaban J connectivity index is 1.29. The van der Waals surface area contributed by atoms with Gasteiger partial charge >= 0.3 is 6.03 Å². The third kappa shape index (κ3) is 4.56. The molecule has 1 saturated carbocycles. The Kier molecular flexibility index (Phi) is 6.47. The first-order valence-corrected chi connectivity index (χ1v) is 13.6. The number of carbonyl (C=O) groups is 2. The first kappa shape index (κ1) is 26.2. The number of ether oxygens (including phenoxy) is 1. The number of methoxy groups -OCH3 is 1. The number of H-pyrrole nitrogens is 1. The maximum Gasteiger partial charge on any atom is 0.326 e. The fourth-order valence-electron chi connectivity index (χ4n) is 6.01. The van der Waals surface area contributed by atoms with Crippen LogP contribution < -0.4 is 9.64 Å². The Morgan fingerprint density at radius 2 is 1.98 bits per heavy atom. The summed E-state index contributed by atoms with van der Waals surface area (Å²) in [5.74, 6) is -3.32. The van der Waals surface area contributed by atoms with E-state index < -0.39 is 23.3 Å². The standard InChI is InChI=1S/C29H32F2N6O3/c1-3-24-22(20-15-32-33-16-20)7-8-25(34-24)36-18-28(9-11-35(12-10-28)26(38)23-14-29(23,30)31)37(27(36)39)17-19-5-4-6-21(13-19)40-2/h4-8,13,15-16,23H,3,9-12,14,17-18H2,1-2H3,(H,32,33)/t23-/m1/s1. The number of halogens is 2. The zero-order chi connectivity index (χ0) is 28.1. The number of piperidine rings is 1. The van der Waals surface area contributed by atoms with Gasteiger partial charge in [-0.25, -0.2) is 18.6 Å². The summed E-state index contributed by atoms with van der Waals surface area (Å²) in [6, 6.07) is 11.3. The molecule has 1 spiro atoms. The number of hydrogen-bond acceptors (Lipinski definition) is 5. The predicted octanol–water partition coefficient (Wildman–Crippen LogP) is 4.50. The fraction of sp³-hybridized carbons (Fsp3) is 0.448. The number of aryl methyl sites for hydroxylation is 1. The summed E-state index contributed by atoms with van der Waals surface area (Å²) in [7, 11) is 1.60. The van der Waals surface area contributed by atoms with Gasteiger partial charge in [0.15, 0.2) is 0 Å². The zero-order valence-corrected chi connectivity index (χ0v) is 22.6. The van der Waals surface area contributed by atoms with Crippen LogP contribution in [0.15, 0.2) is 48.8 Å². The van der Waals surface area contributed by atoms with Crippen molar-refractivity contribution in [1.29, 1.82) is 0 Å². The molecule has 0 bridgehead atoms. The molecule has 2 aromatic heterocycles. The molecule has 210 valence electrons. The first-order chi connectivity index (χ1) is 19.2. The van der Waals surface area contributed by atoms with Gasteiger partial charge in [-0.05, 0) is 49.1 Å². The lowest BCUT2D eigenvalue weighted by atomic mass is 9.86. The lowest BCUT2D eigenvalue weighted by Gasteiger charge is -2.43. The lowest BCUT2D eigenvalue weighted by molar-refractivity contribution is -0.137. The van der Waals surface area contributed by atoms with Crippen LogP contribution in [0.3, 0.4) is 0 Å². The molecule has 9 nitrogen and oxygen atoms in total. The number of rotatable bonds is 7. The van der Waals surface area contributed by atoms with Gasteiger partial charge in [-0.2, -0.15) is 5.10 Å². The molecule has 6 rings (SSSR count). The number of benzene rings is 1. The predicted molar refractivity (Wildman–Crippen MR) is 144 cm³/mol. The van der Waals surface area contributed by atoms with E-state index in [1.165, 1.54) is 0 Å². The van der Waals surface area contributed by atoms with Crippen molar-refractivity contribution in [2.24, 2.45) is 5.92 Å². The van der Waals surface area contributed by atoms with Gasteiger partial charge in [0.25, 0.3) is 5.92 Å².